The molecule has 0 heterocycles. The zero-order valence-corrected chi connectivity index (χ0v) is 13.5. The van der Waals surface area contributed by atoms with Gasteiger partial charge < -0.3 is 10.1 Å². The monoisotopic (exact) mass is 278 g/mol. The molecule has 0 saturated carbocycles. The molecular weight excluding hydrogens is 248 g/mol. The van der Waals surface area contributed by atoms with Crippen molar-refractivity contribution in [2.24, 2.45) is 0 Å². The molecule has 1 aromatic carbocycles. The van der Waals surface area contributed by atoms with Crippen LogP contribution in [0, 0.1) is 0 Å². The van der Waals surface area contributed by atoms with Gasteiger partial charge in [0.2, 0.25) is 0 Å². The van der Waals surface area contributed by atoms with E-state index in [9.17, 15) is 0 Å². The first-order chi connectivity index (χ1) is 9.74. The molecule has 3 heteroatoms. The van der Waals surface area contributed by atoms with Crippen molar-refractivity contribution >= 4 is 0 Å². The van der Waals surface area contributed by atoms with Crippen LogP contribution in [0.5, 0.6) is 0 Å². The van der Waals surface area contributed by atoms with Crippen LogP contribution < -0.4 is 5.32 Å². The summed E-state index contributed by atoms with van der Waals surface area (Å²) in [5.41, 5.74) is 2.79. The van der Waals surface area contributed by atoms with E-state index >= 15 is 0 Å². The minimum atomic E-state index is 0.377. The van der Waals surface area contributed by atoms with Crippen molar-refractivity contribution in [3.05, 3.63) is 35.4 Å². The highest BCUT2D eigenvalue weighted by atomic mass is 16.5. The Morgan fingerprint density at radius 1 is 1.20 bits per heavy atom. The summed E-state index contributed by atoms with van der Waals surface area (Å²) < 4.78 is 5.18. The Morgan fingerprint density at radius 2 is 1.90 bits per heavy atom. The van der Waals surface area contributed by atoms with Crippen molar-refractivity contribution in [1.29, 1.82) is 0 Å². The van der Waals surface area contributed by atoms with Crippen LogP contribution in [0.2, 0.25) is 0 Å². The topological polar surface area (TPSA) is 24.5 Å². The Bertz CT molecular complexity index is 351. The first-order valence-electron chi connectivity index (χ1n) is 7.72. The SMILES string of the molecule is CCCc1ccc(C(CN(CC)CCOC)NC)cc1. The lowest BCUT2D eigenvalue weighted by Gasteiger charge is -2.26. The Balaban J connectivity index is 2.64. The fraction of sp³-hybridized carbons (Fsp3) is 0.647. The fourth-order valence-corrected chi connectivity index (χ4v) is 2.43. The van der Waals surface area contributed by atoms with Crippen molar-refractivity contribution in [3.63, 3.8) is 0 Å². The van der Waals surface area contributed by atoms with E-state index in [2.05, 4.69) is 48.3 Å². The minimum absolute atomic E-state index is 0.377. The van der Waals surface area contributed by atoms with E-state index in [-0.39, 0.29) is 0 Å². The third kappa shape index (κ3) is 5.61. The summed E-state index contributed by atoms with van der Waals surface area (Å²) in [5, 5.41) is 3.43. The zero-order chi connectivity index (χ0) is 14.8. The molecule has 0 spiro atoms. The smallest absolute Gasteiger partial charge is 0.0589 e. The lowest BCUT2D eigenvalue weighted by atomic mass is 10.0. The second-order valence-electron chi connectivity index (χ2n) is 5.22. The number of benzene rings is 1. The van der Waals surface area contributed by atoms with Crippen molar-refractivity contribution in [1.82, 2.24) is 10.2 Å². The molecule has 0 radical (unpaired) electrons. The van der Waals surface area contributed by atoms with Crippen LogP contribution in [0.15, 0.2) is 24.3 Å². The number of hydrogen-bond acceptors (Lipinski definition) is 3. The first kappa shape index (κ1) is 17.2. The third-order valence-electron chi connectivity index (χ3n) is 3.77. The van der Waals surface area contributed by atoms with E-state index < -0.39 is 0 Å². The van der Waals surface area contributed by atoms with Crippen LogP contribution in [0.1, 0.15) is 37.4 Å². The summed E-state index contributed by atoms with van der Waals surface area (Å²) in [6, 6.07) is 9.41. The summed E-state index contributed by atoms with van der Waals surface area (Å²) in [6.07, 6.45) is 2.37. The standard InChI is InChI=1S/C17H30N2O/c1-5-7-15-8-10-16(11-9-15)17(18-3)14-19(6-2)12-13-20-4/h8-11,17-18H,5-7,12-14H2,1-4H3. The molecular formula is C17H30N2O. The number of nitrogens with one attached hydrogen (secondary N) is 1. The van der Waals surface area contributed by atoms with E-state index in [1.807, 2.05) is 7.05 Å². The molecule has 0 fully saturated rings. The van der Waals surface area contributed by atoms with Crippen molar-refractivity contribution in [3.8, 4) is 0 Å². The molecule has 114 valence electrons. The number of likely N-dealkylation sites (N-methyl/N-ethyl adjacent to an activating group) is 2. The van der Waals surface area contributed by atoms with Crippen molar-refractivity contribution in [2.45, 2.75) is 32.7 Å². The number of methoxy groups -OCH3 is 1. The predicted molar refractivity (Wildman–Crippen MR) is 86.2 cm³/mol. The molecule has 1 rings (SSSR count). The van der Waals surface area contributed by atoms with E-state index in [1.165, 1.54) is 24.0 Å². The van der Waals surface area contributed by atoms with Gasteiger partial charge in [0.25, 0.3) is 0 Å². The van der Waals surface area contributed by atoms with Gasteiger partial charge in [-0.05, 0) is 31.1 Å². The zero-order valence-electron chi connectivity index (χ0n) is 13.5. The Morgan fingerprint density at radius 3 is 2.40 bits per heavy atom. The first-order valence-corrected chi connectivity index (χ1v) is 7.72. The van der Waals surface area contributed by atoms with Gasteiger partial charge in [0.05, 0.1) is 6.61 Å². The van der Waals surface area contributed by atoms with Crippen LogP contribution in [0.3, 0.4) is 0 Å². The van der Waals surface area contributed by atoms with Gasteiger partial charge in [-0.15, -0.1) is 0 Å². The highest BCUT2D eigenvalue weighted by Gasteiger charge is 2.13. The second kappa shape index (κ2) is 9.92. The average Bonchev–Trinajstić information content (AvgIpc) is 2.49. The predicted octanol–water partition coefficient (Wildman–Crippen LogP) is 2.87. The summed E-state index contributed by atoms with van der Waals surface area (Å²) in [4.78, 5) is 2.42. The van der Waals surface area contributed by atoms with Crippen molar-refractivity contribution in [2.75, 3.05) is 40.4 Å². The number of aryl methyl sites for hydroxylation is 1. The normalized spacial score (nSPS) is 12.8. The van der Waals surface area contributed by atoms with Gasteiger partial charge in [-0.1, -0.05) is 44.5 Å². The summed E-state index contributed by atoms with van der Waals surface area (Å²) >= 11 is 0. The Labute approximate surface area is 124 Å². The second-order valence-corrected chi connectivity index (χ2v) is 5.22. The van der Waals surface area contributed by atoms with Gasteiger partial charge in [-0.3, -0.25) is 4.90 Å². The molecule has 0 aliphatic heterocycles. The molecule has 1 N–H and O–H groups in total. The molecule has 0 aliphatic rings. The van der Waals surface area contributed by atoms with Gasteiger partial charge >= 0.3 is 0 Å². The van der Waals surface area contributed by atoms with Crippen LogP contribution in [-0.4, -0.2) is 45.3 Å². The van der Waals surface area contributed by atoms with Crippen molar-refractivity contribution < 1.29 is 4.74 Å². The highest BCUT2D eigenvalue weighted by Crippen LogP contribution is 2.16. The van der Waals surface area contributed by atoms with Crippen LogP contribution in [0.4, 0.5) is 0 Å². The molecule has 0 amide bonds. The minimum Gasteiger partial charge on any atom is -0.383 e. The lowest BCUT2D eigenvalue weighted by molar-refractivity contribution is 0.144. The highest BCUT2D eigenvalue weighted by molar-refractivity contribution is 5.25. The Kier molecular flexibility index (Phi) is 8.51. The number of hydrogen-bond donors (Lipinski definition) is 1. The maximum atomic E-state index is 5.18. The molecule has 0 aromatic heterocycles. The molecule has 0 aliphatic carbocycles. The van der Waals surface area contributed by atoms with E-state index in [0.717, 1.165) is 26.2 Å². The largest absolute Gasteiger partial charge is 0.383 e. The molecule has 1 aromatic rings. The summed E-state index contributed by atoms with van der Waals surface area (Å²) in [6.45, 7) is 8.27. The number of ether oxygens (including phenoxy) is 1. The van der Waals surface area contributed by atoms with Gasteiger partial charge in [0.15, 0.2) is 0 Å². The summed E-state index contributed by atoms with van der Waals surface area (Å²) in [7, 11) is 3.80. The molecule has 20 heavy (non-hydrogen) atoms. The maximum absolute atomic E-state index is 5.18. The van der Waals surface area contributed by atoms with Gasteiger partial charge in [-0.2, -0.15) is 0 Å². The van der Waals surface area contributed by atoms with Gasteiger partial charge in [0.1, 0.15) is 0 Å². The number of nitrogens with zero attached hydrogens (tertiary/aromatic N) is 1. The van der Waals surface area contributed by atoms with Gasteiger partial charge in [0, 0.05) is 26.2 Å². The average molecular weight is 278 g/mol. The quantitative estimate of drug-likeness (QED) is 0.712. The maximum Gasteiger partial charge on any atom is 0.0589 e. The fourth-order valence-electron chi connectivity index (χ4n) is 2.43. The number of rotatable bonds is 10. The summed E-state index contributed by atoms with van der Waals surface area (Å²) in [5.74, 6) is 0. The van der Waals surface area contributed by atoms with E-state index in [1.54, 1.807) is 7.11 Å². The molecule has 1 unspecified atom stereocenters. The van der Waals surface area contributed by atoms with E-state index in [0.29, 0.717) is 6.04 Å². The molecule has 1 atom stereocenters. The van der Waals surface area contributed by atoms with Crippen LogP contribution in [-0.2, 0) is 11.2 Å². The van der Waals surface area contributed by atoms with Gasteiger partial charge in [-0.25, -0.2) is 0 Å². The Hall–Kier alpha value is -0.900. The lowest BCUT2D eigenvalue weighted by Crippen LogP contribution is -2.35. The van der Waals surface area contributed by atoms with Crippen LogP contribution >= 0.6 is 0 Å². The van der Waals surface area contributed by atoms with E-state index in [4.69, 9.17) is 4.74 Å². The third-order valence-corrected chi connectivity index (χ3v) is 3.77. The molecule has 0 saturated heterocycles. The molecule has 3 nitrogen and oxygen atoms in total. The molecule has 0 bridgehead atoms. The van der Waals surface area contributed by atoms with Crippen LogP contribution in [0.25, 0.3) is 0 Å².